The van der Waals surface area contributed by atoms with Gasteiger partial charge in [-0.1, -0.05) is 31.0 Å². The zero-order valence-electron chi connectivity index (χ0n) is 13.7. The van der Waals surface area contributed by atoms with Gasteiger partial charge in [0.2, 0.25) is 0 Å². The summed E-state index contributed by atoms with van der Waals surface area (Å²) in [5.41, 5.74) is 3.28. The number of piperidine rings is 1. The number of carbonyl (C=O) groups is 1. The average Bonchev–Trinajstić information content (AvgIpc) is 2.50. The molecule has 116 valence electrons. The Balaban J connectivity index is 1.66. The molecule has 1 saturated heterocycles. The Morgan fingerprint density at radius 2 is 1.81 bits per heavy atom. The first-order valence-corrected chi connectivity index (χ1v) is 8.50. The van der Waals surface area contributed by atoms with Crippen LogP contribution in [0.25, 0.3) is 0 Å². The molecule has 0 saturated carbocycles. The molecular formula is C19H29NO. The molecule has 0 spiro atoms. The second-order valence-electron chi connectivity index (χ2n) is 6.38. The van der Waals surface area contributed by atoms with Crippen LogP contribution in [-0.4, -0.2) is 30.3 Å². The first-order chi connectivity index (χ1) is 10.2. The third-order valence-corrected chi connectivity index (χ3v) is 4.73. The molecule has 0 atom stereocenters. The van der Waals surface area contributed by atoms with Crippen LogP contribution in [0, 0.1) is 13.8 Å². The molecule has 0 bridgehead atoms. The molecule has 2 nitrogen and oxygen atoms in total. The summed E-state index contributed by atoms with van der Waals surface area (Å²) in [6.45, 7) is 7.91. The fourth-order valence-electron chi connectivity index (χ4n) is 3.17. The number of hydrogen-bond acceptors (Lipinski definition) is 2. The van der Waals surface area contributed by atoms with Crippen molar-refractivity contribution in [3.63, 3.8) is 0 Å². The van der Waals surface area contributed by atoms with Gasteiger partial charge >= 0.3 is 0 Å². The molecule has 0 amide bonds. The number of aryl methyl sites for hydroxylation is 1. The van der Waals surface area contributed by atoms with Crippen molar-refractivity contribution in [2.24, 2.45) is 0 Å². The van der Waals surface area contributed by atoms with Crippen LogP contribution in [-0.2, 0) is 0 Å². The number of nitrogens with zero attached hydrogens (tertiary/aromatic N) is 1. The van der Waals surface area contributed by atoms with Gasteiger partial charge in [-0.05, 0) is 70.3 Å². The van der Waals surface area contributed by atoms with E-state index in [0.717, 1.165) is 17.5 Å². The van der Waals surface area contributed by atoms with Crippen molar-refractivity contribution in [2.45, 2.75) is 58.8 Å². The van der Waals surface area contributed by atoms with Crippen LogP contribution in [0.3, 0.4) is 0 Å². The molecule has 0 N–H and O–H groups in total. The Morgan fingerprint density at radius 1 is 1.05 bits per heavy atom. The van der Waals surface area contributed by atoms with E-state index in [9.17, 15) is 4.79 Å². The molecule has 2 rings (SSSR count). The highest BCUT2D eigenvalue weighted by Gasteiger charge is 2.11. The first kappa shape index (κ1) is 16.2. The van der Waals surface area contributed by atoms with Crippen LogP contribution in [0.5, 0.6) is 0 Å². The maximum atomic E-state index is 12.3. The predicted octanol–water partition coefficient (Wildman–Crippen LogP) is 4.53. The third-order valence-electron chi connectivity index (χ3n) is 4.73. The van der Waals surface area contributed by atoms with Crippen LogP contribution < -0.4 is 0 Å². The summed E-state index contributed by atoms with van der Waals surface area (Å²) in [4.78, 5) is 14.9. The zero-order chi connectivity index (χ0) is 15.1. The molecule has 21 heavy (non-hydrogen) atoms. The Kier molecular flexibility index (Phi) is 6.44. The molecule has 0 aliphatic carbocycles. The van der Waals surface area contributed by atoms with Crippen molar-refractivity contribution in [3.8, 4) is 0 Å². The molecule has 1 aliphatic rings. The van der Waals surface area contributed by atoms with Crippen molar-refractivity contribution in [1.29, 1.82) is 0 Å². The Morgan fingerprint density at radius 3 is 2.57 bits per heavy atom. The number of unbranched alkanes of at least 4 members (excludes halogenated alkanes) is 2. The predicted molar refractivity (Wildman–Crippen MR) is 89.0 cm³/mol. The van der Waals surface area contributed by atoms with E-state index in [4.69, 9.17) is 0 Å². The summed E-state index contributed by atoms with van der Waals surface area (Å²) < 4.78 is 0. The molecule has 0 radical (unpaired) electrons. The Bertz CT molecular complexity index is 461. The first-order valence-electron chi connectivity index (χ1n) is 8.50. The normalized spacial score (nSPS) is 16.1. The van der Waals surface area contributed by atoms with Gasteiger partial charge in [0.25, 0.3) is 0 Å². The molecule has 1 heterocycles. The molecular weight excluding hydrogens is 258 g/mol. The lowest BCUT2D eigenvalue weighted by atomic mass is 9.97. The van der Waals surface area contributed by atoms with Crippen LogP contribution in [0.2, 0.25) is 0 Å². The second-order valence-corrected chi connectivity index (χ2v) is 6.38. The fraction of sp³-hybridized carbons (Fsp3) is 0.632. The molecule has 0 unspecified atom stereocenters. The van der Waals surface area contributed by atoms with E-state index >= 15 is 0 Å². The van der Waals surface area contributed by atoms with E-state index in [1.54, 1.807) is 0 Å². The van der Waals surface area contributed by atoms with Crippen LogP contribution in [0.15, 0.2) is 18.2 Å². The number of likely N-dealkylation sites (tertiary alicyclic amines) is 1. The second kappa shape index (κ2) is 8.33. The fourth-order valence-corrected chi connectivity index (χ4v) is 3.17. The summed E-state index contributed by atoms with van der Waals surface area (Å²) in [6.07, 6.45) is 8.27. The highest BCUT2D eigenvalue weighted by Crippen LogP contribution is 2.16. The number of hydrogen-bond donors (Lipinski definition) is 0. The van der Waals surface area contributed by atoms with Crippen LogP contribution in [0.1, 0.15) is 66.4 Å². The van der Waals surface area contributed by atoms with Crippen molar-refractivity contribution in [2.75, 3.05) is 19.6 Å². The standard InChI is InChI=1S/C19H29NO/c1-16-10-9-11-18(17(16)2)19(21)12-5-3-6-13-20-14-7-4-8-15-20/h9-11H,3-8,12-15H2,1-2H3. The van der Waals surface area contributed by atoms with Crippen LogP contribution in [0.4, 0.5) is 0 Å². The van der Waals surface area contributed by atoms with Gasteiger partial charge in [0.05, 0.1) is 0 Å². The van der Waals surface area contributed by atoms with E-state index in [1.807, 2.05) is 12.1 Å². The van der Waals surface area contributed by atoms with Crippen molar-refractivity contribution >= 4 is 5.78 Å². The number of benzene rings is 1. The van der Waals surface area contributed by atoms with Gasteiger partial charge in [0, 0.05) is 12.0 Å². The van der Waals surface area contributed by atoms with E-state index in [0.29, 0.717) is 12.2 Å². The SMILES string of the molecule is Cc1cccc(C(=O)CCCCCN2CCCCC2)c1C. The van der Waals surface area contributed by atoms with E-state index in [2.05, 4.69) is 24.8 Å². The lowest BCUT2D eigenvalue weighted by molar-refractivity contribution is 0.0978. The zero-order valence-corrected chi connectivity index (χ0v) is 13.7. The number of Topliss-reactive ketones (excluding diaryl/α,β-unsaturated/α-hetero) is 1. The molecule has 1 aliphatic heterocycles. The topological polar surface area (TPSA) is 20.3 Å². The molecule has 0 aromatic heterocycles. The number of carbonyl (C=O) groups excluding carboxylic acids is 1. The Hall–Kier alpha value is -1.15. The van der Waals surface area contributed by atoms with Gasteiger partial charge in [-0.25, -0.2) is 0 Å². The monoisotopic (exact) mass is 287 g/mol. The lowest BCUT2D eigenvalue weighted by Gasteiger charge is -2.26. The lowest BCUT2D eigenvalue weighted by Crippen LogP contribution is -2.30. The average molecular weight is 287 g/mol. The highest BCUT2D eigenvalue weighted by molar-refractivity contribution is 5.97. The van der Waals surface area contributed by atoms with E-state index in [-0.39, 0.29) is 0 Å². The third kappa shape index (κ3) is 4.96. The van der Waals surface area contributed by atoms with Gasteiger partial charge < -0.3 is 4.90 Å². The number of ketones is 1. The smallest absolute Gasteiger partial charge is 0.163 e. The van der Waals surface area contributed by atoms with Crippen molar-refractivity contribution in [1.82, 2.24) is 4.90 Å². The molecule has 1 aromatic carbocycles. The minimum atomic E-state index is 0.314. The minimum Gasteiger partial charge on any atom is -0.303 e. The Labute approximate surface area is 129 Å². The summed E-state index contributed by atoms with van der Waals surface area (Å²) >= 11 is 0. The quantitative estimate of drug-likeness (QED) is 0.542. The minimum absolute atomic E-state index is 0.314. The van der Waals surface area contributed by atoms with Crippen molar-refractivity contribution in [3.05, 3.63) is 34.9 Å². The van der Waals surface area contributed by atoms with Gasteiger partial charge in [-0.3, -0.25) is 4.79 Å². The van der Waals surface area contributed by atoms with E-state index in [1.165, 1.54) is 57.3 Å². The maximum Gasteiger partial charge on any atom is 0.163 e. The maximum absolute atomic E-state index is 12.3. The largest absolute Gasteiger partial charge is 0.303 e. The summed E-state index contributed by atoms with van der Waals surface area (Å²) in [5.74, 6) is 0.314. The van der Waals surface area contributed by atoms with Crippen molar-refractivity contribution < 1.29 is 4.79 Å². The van der Waals surface area contributed by atoms with E-state index < -0.39 is 0 Å². The molecule has 1 fully saturated rings. The van der Waals surface area contributed by atoms with Gasteiger partial charge in [0.15, 0.2) is 5.78 Å². The van der Waals surface area contributed by atoms with Crippen LogP contribution >= 0.6 is 0 Å². The summed E-state index contributed by atoms with van der Waals surface area (Å²) in [6, 6.07) is 6.04. The van der Waals surface area contributed by atoms with Gasteiger partial charge in [-0.15, -0.1) is 0 Å². The van der Waals surface area contributed by atoms with Gasteiger partial charge in [-0.2, -0.15) is 0 Å². The summed E-state index contributed by atoms with van der Waals surface area (Å²) in [5, 5.41) is 0. The number of rotatable bonds is 7. The molecule has 2 heteroatoms. The highest BCUT2D eigenvalue weighted by atomic mass is 16.1. The summed E-state index contributed by atoms with van der Waals surface area (Å²) in [7, 11) is 0. The van der Waals surface area contributed by atoms with Gasteiger partial charge in [0.1, 0.15) is 0 Å². The molecule has 1 aromatic rings.